The largest absolute Gasteiger partial charge is 0.496 e. The fraction of sp³-hybridized carbons (Fsp3) is 0.286. The number of hydrogen-bond donors (Lipinski definition) is 1. The summed E-state index contributed by atoms with van der Waals surface area (Å²) in [6.07, 6.45) is 2.63. The van der Waals surface area contributed by atoms with Gasteiger partial charge in [-0.25, -0.2) is 4.98 Å². The van der Waals surface area contributed by atoms with E-state index in [0.717, 1.165) is 30.5 Å². The van der Waals surface area contributed by atoms with E-state index in [0.29, 0.717) is 22.2 Å². The number of aryl methyl sites for hydroxylation is 1. The van der Waals surface area contributed by atoms with Gasteiger partial charge in [-0.3, -0.25) is 4.79 Å². The summed E-state index contributed by atoms with van der Waals surface area (Å²) in [6, 6.07) is 5.36. The van der Waals surface area contributed by atoms with Crippen molar-refractivity contribution in [3.05, 3.63) is 44.8 Å². The first-order valence-corrected chi connectivity index (χ1v) is 6.53. The zero-order chi connectivity index (χ0) is 13.4. The Morgan fingerprint density at radius 2 is 2.21 bits per heavy atom. The van der Waals surface area contributed by atoms with Crippen LogP contribution >= 0.6 is 11.6 Å². The van der Waals surface area contributed by atoms with Crippen LogP contribution in [-0.2, 0) is 12.8 Å². The van der Waals surface area contributed by atoms with Crippen molar-refractivity contribution in [2.24, 2.45) is 0 Å². The summed E-state index contributed by atoms with van der Waals surface area (Å²) in [7, 11) is 1.57. The molecule has 0 saturated heterocycles. The molecule has 3 rings (SSSR count). The third-order valence-electron chi connectivity index (χ3n) is 3.37. The number of hydrogen-bond acceptors (Lipinski definition) is 3. The van der Waals surface area contributed by atoms with Gasteiger partial charge in [-0.2, -0.15) is 0 Å². The molecule has 0 unspecified atom stereocenters. The molecule has 1 aromatic heterocycles. The van der Waals surface area contributed by atoms with Gasteiger partial charge < -0.3 is 9.72 Å². The SMILES string of the molecule is COc1cccc(Cl)c1-c1nc2c(c(=O)[nH]1)CCC2. The Kier molecular flexibility index (Phi) is 3.03. The van der Waals surface area contributed by atoms with Crippen molar-refractivity contribution in [3.63, 3.8) is 0 Å². The number of fused-ring (bicyclic) bond motifs is 1. The molecule has 5 heteroatoms. The smallest absolute Gasteiger partial charge is 0.254 e. The highest BCUT2D eigenvalue weighted by molar-refractivity contribution is 6.33. The molecular weight excluding hydrogens is 264 g/mol. The fourth-order valence-corrected chi connectivity index (χ4v) is 2.72. The molecule has 0 saturated carbocycles. The molecule has 98 valence electrons. The molecule has 1 aliphatic rings. The lowest BCUT2D eigenvalue weighted by Gasteiger charge is -2.10. The summed E-state index contributed by atoms with van der Waals surface area (Å²) >= 11 is 6.20. The molecule has 0 radical (unpaired) electrons. The van der Waals surface area contributed by atoms with Crippen LogP contribution in [-0.4, -0.2) is 17.1 Å². The quantitative estimate of drug-likeness (QED) is 0.917. The highest BCUT2D eigenvalue weighted by atomic mass is 35.5. The Hall–Kier alpha value is -1.81. The number of benzene rings is 1. The average molecular weight is 277 g/mol. The molecule has 1 N–H and O–H groups in total. The molecule has 19 heavy (non-hydrogen) atoms. The molecule has 1 aliphatic carbocycles. The molecule has 1 heterocycles. The number of nitrogens with one attached hydrogen (secondary N) is 1. The Morgan fingerprint density at radius 1 is 1.37 bits per heavy atom. The van der Waals surface area contributed by atoms with Crippen molar-refractivity contribution in [1.29, 1.82) is 0 Å². The summed E-state index contributed by atoms with van der Waals surface area (Å²) in [5, 5.41) is 0.514. The summed E-state index contributed by atoms with van der Waals surface area (Å²) in [4.78, 5) is 19.4. The van der Waals surface area contributed by atoms with Gasteiger partial charge in [0.15, 0.2) is 0 Å². The monoisotopic (exact) mass is 276 g/mol. The van der Waals surface area contributed by atoms with Crippen molar-refractivity contribution >= 4 is 11.6 Å². The number of methoxy groups -OCH3 is 1. The van der Waals surface area contributed by atoms with Crippen molar-refractivity contribution in [2.45, 2.75) is 19.3 Å². The first-order chi connectivity index (χ1) is 9.20. The fourth-order valence-electron chi connectivity index (χ4n) is 2.46. The summed E-state index contributed by atoms with van der Waals surface area (Å²) in [5.74, 6) is 1.08. The van der Waals surface area contributed by atoms with E-state index in [-0.39, 0.29) is 5.56 Å². The average Bonchev–Trinajstić information content (AvgIpc) is 2.87. The number of aromatic nitrogens is 2. The van der Waals surface area contributed by atoms with Crippen LogP contribution in [0.5, 0.6) is 5.75 Å². The van der Waals surface area contributed by atoms with E-state index in [9.17, 15) is 4.79 Å². The van der Waals surface area contributed by atoms with Crippen LogP contribution in [0.15, 0.2) is 23.0 Å². The van der Waals surface area contributed by atoms with Gasteiger partial charge in [0.1, 0.15) is 11.6 Å². The van der Waals surface area contributed by atoms with Crippen molar-refractivity contribution in [1.82, 2.24) is 9.97 Å². The zero-order valence-electron chi connectivity index (χ0n) is 10.5. The predicted octanol–water partition coefficient (Wildman–Crippen LogP) is 2.59. The molecule has 0 aliphatic heterocycles. The number of halogens is 1. The van der Waals surface area contributed by atoms with Crippen LogP contribution in [0, 0.1) is 0 Å². The minimum absolute atomic E-state index is 0.0699. The molecule has 0 amide bonds. The standard InChI is InChI=1S/C14H13ClN2O2/c1-19-11-7-3-5-9(15)12(11)13-16-10-6-2-4-8(10)14(18)17-13/h3,5,7H,2,4,6H2,1H3,(H,16,17,18). The van der Waals surface area contributed by atoms with Gasteiger partial charge in [-0.05, 0) is 31.4 Å². The molecule has 2 aromatic rings. The van der Waals surface area contributed by atoms with Crippen molar-refractivity contribution < 1.29 is 4.74 Å². The number of nitrogens with zero attached hydrogens (tertiary/aromatic N) is 1. The lowest BCUT2D eigenvalue weighted by atomic mass is 10.1. The molecule has 0 fully saturated rings. The first-order valence-electron chi connectivity index (χ1n) is 6.15. The third-order valence-corrected chi connectivity index (χ3v) is 3.69. The van der Waals surface area contributed by atoms with E-state index in [2.05, 4.69) is 9.97 Å². The predicted molar refractivity (Wildman–Crippen MR) is 73.9 cm³/mol. The highest BCUT2D eigenvalue weighted by Gasteiger charge is 2.20. The Labute approximate surface area is 115 Å². The van der Waals surface area contributed by atoms with Gasteiger partial charge in [-0.15, -0.1) is 0 Å². The molecule has 0 atom stereocenters. The van der Waals surface area contributed by atoms with Crippen molar-refractivity contribution in [3.8, 4) is 17.1 Å². The summed E-state index contributed by atoms with van der Waals surface area (Å²) < 4.78 is 5.29. The second kappa shape index (κ2) is 4.70. The van der Waals surface area contributed by atoms with E-state index in [1.54, 1.807) is 25.3 Å². The Morgan fingerprint density at radius 3 is 3.00 bits per heavy atom. The normalized spacial score (nSPS) is 13.4. The number of ether oxygens (including phenoxy) is 1. The van der Waals surface area contributed by atoms with E-state index < -0.39 is 0 Å². The summed E-state index contributed by atoms with van der Waals surface area (Å²) in [5.41, 5.74) is 2.24. The van der Waals surface area contributed by atoms with Crippen LogP contribution in [0.2, 0.25) is 5.02 Å². The second-order valence-electron chi connectivity index (χ2n) is 4.51. The first kappa shape index (κ1) is 12.2. The number of rotatable bonds is 2. The Balaban J connectivity index is 2.24. The Bertz CT molecular complexity index is 694. The van der Waals surface area contributed by atoms with E-state index >= 15 is 0 Å². The lowest BCUT2D eigenvalue weighted by molar-refractivity contribution is 0.416. The molecule has 1 aromatic carbocycles. The zero-order valence-corrected chi connectivity index (χ0v) is 11.3. The molecule has 0 spiro atoms. The maximum Gasteiger partial charge on any atom is 0.254 e. The van der Waals surface area contributed by atoms with Gasteiger partial charge in [-0.1, -0.05) is 17.7 Å². The van der Waals surface area contributed by atoms with E-state index in [1.165, 1.54) is 0 Å². The minimum Gasteiger partial charge on any atom is -0.496 e. The van der Waals surface area contributed by atoms with Crippen LogP contribution in [0.25, 0.3) is 11.4 Å². The van der Waals surface area contributed by atoms with Gasteiger partial charge >= 0.3 is 0 Å². The number of H-pyrrole nitrogens is 1. The second-order valence-corrected chi connectivity index (χ2v) is 4.92. The summed E-state index contributed by atoms with van der Waals surface area (Å²) in [6.45, 7) is 0. The van der Waals surface area contributed by atoms with Crippen LogP contribution in [0.4, 0.5) is 0 Å². The van der Waals surface area contributed by atoms with Crippen molar-refractivity contribution in [2.75, 3.05) is 7.11 Å². The number of aromatic amines is 1. The van der Waals surface area contributed by atoms with Crippen LogP contribution in [0.3, 0.4) is 0 Å². The van der Waals surface area contributed by atoms with Gasteiger partial charge in [0.05, 0.1) is 23.4 Å². The maximum absolute atomic E-state index is 12.0. The minimum atomic E-state index is -0.0699. The third kappa shape index (κ3) is 2.02. The van der Waals surface area contributed by atoms with E-state index in [1.807, 2.05) is 0 Å². The molecule has 0 bridgehead atoms. The van der Waals surface area contributed by atoms with Gasteiger partial charge in [0, 0.05) is 5.56 Å². The maximum atomic E-state index is 12.0. The topological polar surface area (TPSA) is 55.0 Å². The molecule has 4 nitrogen and oxygen atoms in total. The van der Waals surface area contributed by atoms with E-state index in [4.69, 9.17) is 16.3 Å². The van der Waals surface area contributed by atoms with Crippen LogP contribution < -0.4 is 10.3 Å². The molecular formula is C14H13ClN2O2. The highest BCUT2D eigenvalue weighted by Crippen LogP contribution is 2.34. The lowest BCUT2D eigenvalue weighted by Crippen LogP contribution is -2.15. The van der Waals surface area contributed by atoms with Crippen LogP contribution in [0.1, 0.15) is 17.7 Å². The van der Waals surface area contributed by atoms with Gasteiger partial charge in [0.2, 0.25) is 0 Å². The van der Waals surface area contributed by atoms with Gasteiger partial charge in [0.25, 0.3) is 5.56 Å².